The maximum Gasteiger partial charge on any atom is 0.0800 e. The molecule has 0 heterocycles. The summed E-state index contributed by atoms with van der Waals surface area (Å²) in [4.78, 5) is 10.2. The van der Waals surface area contributed by atoms with Gasteiger partial charge in [-0.15, -0.1) is 10.0 Å². The Morgan fingerprint density at radius 2 is 1.93 bits per heavy atom. The molecule has 0 amide bonds. The van der Waals surface area contributed by atoms with Crippen LogP contribution in [0.5, 0.6) is 0 Å². The van der Waals surface area contributed by atoms with E-state index in [9.17, 15) is 4.91 Å². The summed E-state index contributed by atoms with van der Waals surface area (Å²) in [5.74, 6) is 0.203. The lowest BCUT2D eigenvalue weighted by molar-refractivity contribution is 0.874. The van der Waals surface area contributed by atoms with E-state index in [1.807, 2.05) is 45.0 Å². The van der Waals surface area contributed by atoms with Crippen LogP contribution in [0.1, 0.15) is 25.0 Å². The zero-order chi connectivity index (χ0) is 10.6. The van der Waals surface area contributed by atoms with Crippen molar-refractivity contribution in [2.24, 2.45) is 16.3 Å². The van der Waals surface area contributed by atoms with E-state index in [0.29, 0.717) is 0 Å². The molecule has 0 saturated carbocycles. The van der Waals surface area contributed by atoms with Gasteiger partial charge in [0.2, 0.25) is 0 Å². The van der Waals surface area contributed by atoms with Gasteiger partial charge < -0.3 is 0 Å². The van der Waals surface area contributed by atoms with Crippen LogP contribution in [-0.2, 0) is 0 Å². The number of hydrogen-bond acceptors (Lipinski definition) is 2. The van der Waals surface area contributed by atoms with Gasteiger partial charge in [-0.3, -0.25) is 0 Å². The second-order valence-corrected chi connectivity index (χ2v) is 3.54. The number of rotatable bonds is 3. The summed E-state index contributed by atoms with van der Waals surface area (Å²) in [6.45, 7) is 5.99. The molecule has 0 aliphatic rings. The Kier molecular flexibility index (Phi) is 3.51. The van der Waals surface area contributed by atoms with Gasteiger partial charge in [-0.05, 0) is 18.4 Å². The summed E-state index contributed by atoms with van der Waals surface area (Å²) in [7, 11) is 0. The van der Waals surface area contributed by atoms with Gasteiger partial charge in [0.25, 0.3) is 0 Å². The molecule has 0 bridgehead atoms. The Hall–Kier alpha value is -1.51. The molecule has 0 fully saturated rings. The lowest BCUT2D eigenvalue weighted by Gasteiger charge is -2.10. The van der Waals surface area contributed by atoms with Gasteiger partial charge in [-0.1, -0.05) is 38.1 Å². The van der Waals surface area contributed by atoms with Crippen LogP contribution in [0, 0.1) is 17.7 Å². The number of hydrogen-bond donors (Lipinski definition) is 0. The molecule has 0 aliphatic heterocycles. The van der Waals surface area contributed by atoms with Gasteiger partial charge in [-0.25, -0.2) is 0 Å². The summed E-state index contributed by atoms with van der Waals surface area (Å²) in [5.41, 5.74) is 2.86. The molecule has 0 unspecified atom stereocenters. The maximum absolute atomic E-state index is 10.2. The van der Waals surface area contributed by atoms with Gasteiger partial charge in [0.1, 0.15) is 0 Å². The zero-order valence-corrected chi connectivity index (χ0v) is 8.69. The fraction of sp³-hybridized carbons (Fsp3) is 0.364. The van der Waals surface area contributed by atoms with Crippen molar-refractivity contribution in [2.75, 3.05) is 0 Å². The molecule has 0 saturated heterocycles. The normalized spacial score (nSPS) is 11.9. The SMILES string of the molecule is Cc1ccccc1/C(=N/N=O)C(C)C. The fourth-order valence-corrected chi connectivity index (χ4v) is 1.38. The van der Waals surface area contributed by atoms with Crippen LogP contribution in [0.4, 0.5) is 0 Å². The van der Waals surface area contributed by atoms with Gasteiger partial charge in [0, 0.05) is 5.56 Å². The topological polar surface area (TPSA) is 41.8 Å². The van der Waals surface area contributed by atoms with E-state index in [2.05, 4.69) is 10.4 Å². The highest BCUT2D eigenvalue weighted by Gasteiger charge is 2.10. The van der Waals surface area contributed by atoms with E-state index < -0.39 is 0 Å². The molecule has 74 valence electrons. The molecular formula is C11H14N2O. The van der Waals surface area contributed by atoms with Gasteiger partial charge in [0.05, 0.1) is 11.0 Å². The average Bonchev–Trinajstić information content (AvgIpc) is 2.15. The monoisotopic (exact) mass is 190 g/mol. The summed E-state index contributed by atoms with van der Waals surface area (Å²) in [6, 6.07) is 7.85. The van der Waals surface area contributed by atoms with Crippen molar-refractivity contribution in [2.45, 2.75) is 20.8 Å². The minimum Gasteiger partial charge on any atom is -0.123 e. The molecule has 0 atom stereocenters. The molecule has 0 aliphatic carbocycles. The molecule has 0 N–H and O–H groups in total. The van der Waals surface area contributed by atoms with E-state index >= 15 is 0 Å². The van der Waals surface area contributed by atoms with Crippen LogP contribution in [0.15, 0.2) is 34.7 Å². The molecule has 3 nitrogen and oxygen atoms in total. The van der Waals surface area contributed by atoms with Crippen molar-refractivity contribution < 1.29 is 0 Å². The Balaban J connectivity index is 3.19. The Bertz CT molecular complexity index is 356. The van der Waals surface area contributed by atoms with Crippen LogP contribution in [0.25, 0.3) is 0 Å². The Labute approximate surface area is 83.8 Å². The first-order valence-electron chi connectivity index (χ1n) is 4.63. The summed E-state index contributed by atoms with van der Waals surface area (Å²) in [6.07, 6.45) is 0. The van der Waals surface area contributed by atoms with Crippen molar-refractivity contribution >= 4 is 5.71 Å². The first-order valence-corrected chi connectivity index (χ1v) is 4.63. The largest absolute Gasteiger partial charge is 0.123 e. The van der Waals surface area contributed by atoms with E-state index in [-0.39, 0.29) is 5.92 Å². The smallest absolute Gasteiger partial charge is 0.0800 e. The first-order chi connectivity index (χ1) is 6.66. The molecule has 0 aromatic heterocycles. The lowest BCUT2D eigenvalue weighted by Crippen LogP contribution is -2.10. The third kappa shape index (κ3) is 2.25. The summed E-state index contributed by atoms with van der Waals surface area (Å²) < 4.78 is 0. The minimum absolute atomic E-state index is 0.203. The van der Waals surface area contributed by atoms with Gasteiger partial charge in [0.15, 0.2) is 0 Å². The van der Waals surface area contributed by atoms with Crippen LogP contribution in [0.2, 0.25) is 0 Å². The number of aryl methyl sites for hydroxylation is 1. The van der Waals surface area contributed by atoms with Crippen LogP contribution in [-0.4, -0.2) is 5.71 Å². The minimum atomic E-state index is 0.203. The van der Waals surface area contributed by atoms with E-state index in [4.69, 9.17) is 0 Å². The van der Waals surface area contributed by atoms with E-state index in [1.54, 1.807) is 0 Å². The molecule has 0 spiro atoms. The first kappa shape index (κ1) is 10.6. The van der Waals surface area contributed by atoms with Crippen LogP contribution in [0.3, 0.4) is 0 Å². The van der Waals surface area contributed by atoms with Crippen molar-refractivity contribution in [3.05, 3.63) is 40.3 Å². The average molecular weight is 190 g/mol. The van der Waals surface area contributed by atoms with E-state index in [0.717, 1.165) is 16.8 Å². The van der Waals surface area contributed by atoms with Crippen molar-refractivity contribution in [3.8, 4) is 0 Å². The molecule has 1 aromatic carbocycles. The molecule has 0 radical (unpaired) electrons. The van der Waals surface area contributed by atoms with Crippen LogP contribution < -0.4 is 0 Å². The highest BCUT2D eigenvalue weighted by Crippen LogP contribution is 2.14. The fourth-order valence-electron chi connectivity index (χ4n) is 1.38. The standard InChI is InChI=1S/C11H14N2O/c1-8(2)11(12-13-14)10-7-5-4-6-9(10)3/h4-8H,1-3H3/b12-11+. The molecule has 14 heavy (non-hydrogen) atoms. The van der Waals surface area contributed by atoms with E-state index in [1.165, 1.54) is 0 Å². The molecular weight excluding hydrogens is 176 g/mol. The second kappa shape index (κ2) is 4.65. The van der Waals surface area contributed by atoms with Crippen LogP contribution >= 0.6 is 0 Å². The molecule has 3 heteroatoms. The molecule has 1 aromatic rings. The third-order valence-electron chi connectivity index (χ3n) is 2.12. The zero-order valence-electron chi connectivity index (χ0n) is 8.69. The predicted molar refractivity (Wildman–Crippen MR) is 58.3 cm³/mol. The third-order valence-corrected chi connectivity index (χ3v) is 2.12. The quantitative estimate of drug-likeness (QED) is 0.410. The number of nitroso groups, excluding NO2 is 1. The highest BCUT2D eigenvalue weighted by atomic mass is 16.3. The number of benzene rings is 1. The number of nitrogens with zero attached hydrogens (tertiary/aromatic N) is 2. The molecule has 1 rings (SSSR count). The summed E-state index contributed by atoms with van der Waals surface area (Å²) >= 11 is 0. The van der Waals surface area contributed by atoms with Crippen molar-refractivity contribution in [1.29, 1.82) is 0 Å². The highest BCUT2D eigenvalue weighted by molar-refractivity contribution is 6.02. The predicted octanol–water partition coefficient (Wildman–Crippen LogP) is 3.12. The lowest BCUT2D eigenvalue weighted by atomic mass is 9.96. The summed E-state index contributed by atoms with van der Waals surface area (Å²) in [5, 5.41) is 6.25. The van der Waals surface area contributed by atoms with Gasteiger partial charge in [-0.2, -0.15) is 0 Å². The van der Waals surface area contributed by atoms with Crippen molar-refractivity contribution in [1.82, 2.24) is 0 Å². The maximum atomic E-state index is 10.2. The second-order valence-electron chi connectivity index (χ2n) is 3.54. The van der Waals surface area contributed by atoms with Gasteiger partial charge >= 0.3 is 0 Å². The Morgan fingerprint density at radius 3 is 2.43 bits per heavy atom. The Morgan fingerprint density at radius 1 is 1.29 bits per heavy atom. The van der Waals surface area contributed by atoms with Crippen molar-refractivity contribution in [3.63, 3.8) is 0 Å².